The lowest BCUT2D eigenvalue weighted by molar-refractivity contribution is -0.124. The van der Waals surface area contributed by atoms with Gasteiger partial charge in [0.1, 0.15) is 5.75 Å². The molecule has 1 saturated carbocycles. The number of nitrogens with zero attached hydrogens (tertiary/aromatic N) is 1. The van der Waals surface area contributed by atoms with Crippen LogP contribution in [0.3, 0.4) is 0 Å². The number of benzene rings is 1. The van der Waals surface area contributed by atoms with Gasteiger partial charge in [-0.2, -0.15) is 0 Å². The van der Waals surface area contributed by atoms with Gasteiger partial charge in [-0.1, -0.05) is 18.6 Å². The maximum atomic E-state index is 12.5. The number of methoxy groups -OCH3 is 1. The Morgan fingerprint density at radius 3 is 2.83 bits per heavy atom. The van der Waals surface area contributed by atoms with Crippen molar-refractivity contribution in [3.05, 3.63) is 23.8 Å². The summed E-state index contributed by atoms with van der Waals surface area (Å²) in [6.07, 6.45) is 5.41. The number of fused-ring (bicyclic) bond motifs is 1. The minimum Gasteiger partial charge on any atom is -0.495 e. The molecule has 1 aliphatic carbocycles. The Labute approximate surface area is 108 Å². The van der Waals surface area contributed by atoms with Crippen LogP contribution in [0, 0.1) is 5.92 Å². The van der Waals surface area contributed by atoms with E-state index in [-0.39, 0.29) is 5.92 Å². The normalized spacial score (nSPS) is 19.1. The van der Waals surface area contributed by atoms with Gasteiger partial charge in [0.25, 0.3) is 0 Å². The maximum Gasteiger partial charge on any atom is 0.230 e. The number of hydrogen-bond acceptors (Lipinski definition) is 2. The van der Waals surface area contributed by atoms with Crippen molar-refractivity contribution < 1.29 is 9.53 Å². The number of ether oxygens (including phenoxy) is 1. The van der Waals surface area contributed by atoms with Crippen LogP contribution in [-0.4, -0.2) is 19.6 Å². The zero-order valence-corrected chi connectivity index (χ0v) is 10.8. The van der Waals surface area contributed by atoms with Crippen molar-refractivity contribution in [2.24, 2.45) is 5.92 Å². The lowest BCUT2D eigenvalue weighted by Gasteiger charge is -2.36. The molecule has 0 radical (unpaired) electrons. The molecular weight excluding hydrogens is 226 g/mol. The Morgan fingerprint density at radius 1 is 1.33 bits per heavy atom. The topological polar surface area (TPSA) is 29.5 Å². The number of aryl methyl sites for hydroxylation is 1. The van der Waals surface area contributed by atoms with Crippen molar-refractivity contribution >= 4 is 11.6 Å². The molecule has 1 amide bonds. The van der Waals surface area contributed by atoms with E-state index in [1.165, 1.54) is 12.0 Å². The van der Waals surface area contributed by atoms with Crippen LogP contribution < -0.4 is 9.64 Å². The highest BCUT2D eigenvalue weighted by Gasteiger charge is 2.33. The van der Waals surface area contributed by atoms with E-state index in [9.17, 15) is 4.79 Å². The largest absolute Gasteiger partial charge is 0.495 e. The molecule has 1 heterocycles. The second kappa shape index (κ2) is 4.63. The number of hydrogen-bond donors (Lipinski definition) is 0. The first kappa shape index (κ1) is 11.6. The molecule has 1 fully saturated rings. The van der Waals surface area contributed by atoms with Gasteiger partial charge in [0, 0.05) is 12.5 Å². The van der Waals surface area contributed by atoms with Gasteiger partial charge in [-0.15, -0.1) is 0 Å². The van der Waals surface area contributed by atoms with Gasteiger partial charge in [-0.05, 0) is 37.3 Å². The Bertz CT molecular complexity index is 451. The lowest BCUT2D eigenvalue weighted by Crippen LogP contribution is -2.42. The van der Waals surface area contributed by atoms with E-state index in [0.29, 0.717) is 5.91 Å². The summed E-state index contributed by atoms with van der Waals surface area (Å²) in [5, 5.41) is 0. The molecule has 0 saturated heterocycles. The van der Waals surface area contributed by atoms with Crippen molar-refractivity contribution in [1.82, 2.24) is 0 Å². The lowest BCUT2D eigenvalue weighted by atomic mass is 9.83. The summed E-state index contributed by atoms with van der Waals surface area (Å²) in [4.78, 5) is 14.4. The van der Waals surface area contributed by atoms with Crippen LogP contribution in [0.25, 0.3) is 0 Å². The van der Waals surface area contributed by atoms with Crippen molar-refractivity contribution in [2.75, 3.05) is 18.6 Å². The molecule has 3 nitrogen and oxygen atoms in total. The number of carbonyl (C=O) groups excluding carboxylic acids is 1. The molecule has 18 heavy (non-hydrogen) atoms. The van der Waals surface area contributed by atoms with Crippen LogP contribution in [0.5, 0.6) is 5.75 Å². The molecule has 1 aromatic rings. The SMILES string of the molecule is COc1cccc2c1N(C(=O)C1CCC1)CCC2. The summed E-state index contributed by atoms with van der Waals surface area (Å²) >= 11 is 0. The summed E-state index contributed by atoms with van der Waals surface area (Å²) in [5.74, 6) is 1.38. The van der Waals surface area contributed by atoms with Gasteiger partial charge in [0.05, 0.1) is 12.8 Å². The molecule has 3 heteroatoms. The molecule has 1 aromatic carbocycles. The fourth-order valence-electron chi connectivity index (χ4n) is 2.88. The minimum absolute atomic E-state index is 0.251. The summed E-state index contributed by atoms with van der Waals surface area (Å²) < 4.78 is 5.43. The van der Waals surface area contributed by atoms with E-state index in [2.05, 4.69) is 6.07 Å². The maximum absolute atomic E-state index is 12.5. The molecule has 0 N–H and O–H groups in total. The Balaban J connectivity index is 1.97. The fraction of sp³-hybridized carbons (Fsp3) is 0.533. The Hall–Kier alpha value is -1.51. The molecular formula is C15H19NO2. The van der Waals surface area contributed by atoms with Gasteiger partial charge in [0.2, 0.25) is 5.91 Å². The third-order valence-electron chi connectivity index (χ3n) is 4.12. The first-order valence-electron chi connectivity index (χ1n) is 6.78. The van der Waals surface area contributed by atoms with E-state index in [1.807, 2.05) is 17.0 Å². The molecule has 0 aromatic heterocycles. The molecule has 0 unspecified atom stereocenters. The van der Waals surface area contributed by atoms with E-state index in [1.54, 1.807) is 7.11 Å². The standard InChI is InChI=1S/C15H19NO2/c1-18-13-9-3-5-11-8-4-10-16(14(11)13)15(17)12-6-2-7-12/h3,5,9,12H,2,4,6-8,10H2,1H3. The zero-order valence-electron chi connectivity index (χ0n) is 10.8. The summed E-state index contributed by atoms with van der Waals surface area (Å²) in [6.45, 7) is 0.836. The third-order valence-corrected chi connectivity index (χ3v) is 4.12. The van der Waals surface area contributed by atoms with Crippen molar-refractivity contribution in [1.29, 1.82) is 0 Å². The predicted molar refractivity (Wildman–Crippen MR) is 71.0 cm³/mol. The molecule has 0 spiro atoms. The monoisotopic (exact) mass is 245 g/mol. The van der Waals surface area contributed by atoms with Crippen LogP contribution >= 0.6 is 0 Å². The summed E-state index contributed by atoms with van der Waals surface area (Å²) in [5.41, 5.74) is 2.26. The average molecular weight is 245 g/mol. The van der Waals surface area contributed by atoms with Crippen LogP contribution in [0.15, 0.2) is 18.2 Å². The number of rotatable bonds is 2. The van der Waals surface area contributed by atoms with Gasteiger partial charge in [0.15, 0.2) is 0 Å². The van der Waals surface area contributed by atoms with Crippen LogP contribution in [0.2, 0.25) is 0 Å². The number of carbonyl (C=O) groups is 1. The Morgan fingerprint density at radius 2 is 2.17 bits per heavy atom. The van der Waals surface area contributed by atoms with Crippen LogP contribution in [-0.2, 0) is 11.2 Å². The number of amides is 1. The van der Waals surface area contributed by atoms with E-state index in [4.69, 9.17) is 4.74 Å². The van der Waals surface area contributed by atoms with E-state index in [0.717, 1.165) is 43.7 Å². The van der Waals surface area contributed by atoms with Gasteiger partial charge < -0.3 is 9.64 Å². The third kappa shape index (κ3) is 1.78. The van der Waals surface area contributed by atoms with Crippen molar-refractivity contribution in [3.63, 3.8) is 0 Å². The highest BCUT2D eigenvalue weighted by Crippen LogP contribution is 2.39. The summed E-state index contributed by atoms with van der Waals surface area (Å²) in [7, 11) is 1.68. The van der Waals surface area contributed by atoms with Gasteiger partial charge in [-0.3, -0.25) is 4.79 Å². The minimum atomic E-state index is 0.251. The second-order valence-corrected chi connectivity index (χ2v) is 5.19. The summed E-state index contributed by atoms with van der Waals surface area (Å²) in [6, 6.07) is 6.07. The fourth-order valence-corrected chi connectivity index (χ4v) is 2.88. The highest BCUT2D eigenvalue weighted by atomic mass is 16.5. The van der Waals surface area contributed by atoms with E-state index >= 15 is 0 Å². The number of para-hydroxylation sites is 1. The first-order valence-corrected chi connectivity index (χ1v) is 6.78. The average Bonchev–Trinajstić information content (AvgIpc) is 2.35. The molecule has 0 bridgehead atoms. The molecule has 3 rings (SSSR count). The van der Waals surface area contributed by atoms with Crippen molar-refractivity contribution in [2.45, 2.75) is 32.1 Å². The second-order valence-electron chi connectivity index (χ2n) is 5.19. The zero-order chi connectivity index (χ0) is 12.5. The Kier molecular flexibility index (Phi) is 2.98. The molecule has 96 valence electrons. The van der Waals surface area contributed by atoms with Crippen LogP contribution in [0.4, 0.5) is 5.69 Å². The number of anilines is 1. The van der Waals surface area contributed by atoms with E-state index < -0.39 is 0 Å². The predicted octanol–water partition coefficient (Wildman–Crippen LogP) is 2.77. The van der Waals surface area contributed by atoms with Crippen molar-refractivity contribution in [3.8, 4) is 5.75 Å². The quantitative estimate of drug-likeness (QED) is 0.802. The highest BCUT2D eigenvalue weighted by molar-refractivity contribution is 5.98. The van der Waals surface area contributed by atoms with Crippen LogP contribution in [0.1, 0.15) is 31.2 Å². The molecule has 0 atom stereocenters. The van der Waals surface area contributed by atoms with Gasteiger partial charge in [-0.25, -0.2) is 0 Å². The smallest absolute Gasteiger partial charge is 0.230 e. The first-order chi connectivity index (χ1) is 8.81. The molecule has 2 aliphatic rings. The van der Waals surface area contributed by atoms with Gasteiger partial charge >= 0.3 is 0 Å². The molecule has 1 aliphatic heterocycles.